The van der Waals surface area contributed by atoms with Crippen LogP contribution in [0.1, 0.15) is 26.7 Å². The van der Waals surface area contributed by atoms with Gasteiger partial charge in [0.25, 0.3) is 0 Å². The number of carbonyl (C=O) groups excluding carboxylic acids is 1. The van der Waals surface area contributed by atoms with Crippen molar-refractivity contribution in [1.29, 1.82) is 0 Å². The third kappa shape index (κ3) is 4.87. The van der Waals surface area contributed by atoms with Crippen molar-refractivity contribution in [3.8, 4) is 11.4 Å². The Labute approximate surface area is 184 Å². The molecule has 1 fully saturated rings. The zero-order chi connectivity index (χ0) is 22.0. The van der Waals surface area contributed by atoms with Gasteiger partial charge in [0, 0.05) is 49.0 Å². The maximum atomic E-state index is 14.4. The van der Waals surface area contributed by atoms with Gasteiger partial charge >= 0.3 is 6.03 Å². The van der Waals surface area contributed by atoms with Gasteiger partial charge in [-0.1, -0.05) is 11.6 Å². The first kappa shape index (κ1) is 21.3. The number of aromatic amines is 1. The first-order valence-corrected chi connectivity index (χ1v) is 10.7. The Balaban J connectivity index is 1.47. The fourth-order valence-electron chi connectivity index (χ4n) is 3.78. The second kappa shape index (κ2) is 9.05. The van der Waals surface area contributed by atoms with Gasteiger partial charge in [-0.05, 0) is 38.7 Å². The molecule has 1 saturated heterocycles. The Morgan fingerprint density at radius 2 is 2.23 bits per heavy atom. The van der Waals surface area contributed by atoms with E-state index in [9.17, 15) is 9.18 Å². The minimum absolute atomic E-state index is 0.0539. The summed E-state index contributed by atoms with van der Waals surface area (Å²) in [6, 6.07) is 1.81. The minimum atomic E-state index is -0.523. The number of amides is 2. The van der Waals surface area contributed by atoms with Crippen molar-refractivity contribution in [3.05, 3.63) is 35.5 Å². The maximum absolute atomic E-state index is 14.4. The van der Waals surface area contributed by atoms with Crippen LogP contribution >= 0.6 is 11.6 Å². The first-order chi connectivity index (χ1) is 14.9. The number of rotatable bonds is 5. The van der Waals surface area contributed by atoms with Crippen molar-refractivity contribution in [1.82, 2.24) is 30.2 Å². The van der Waals surface area contributed by atoms with Gasteiger partial charge in [0.15, 0.2) is 17.5 Å². The number of H-pyrrole nitrogens is 1. The molecule has 1 aliphatic rings. The van der Waals surface area contributed by atoms with E-state index in [2.05, 4.69) is 30.6 Å². The highest BCUT2D eigenvalue weighted by atomic mass is 35.5. The molecule has 3 aromatic heterocycles. The average molecular weight is 446 g/mol. The average Bonchev–Trinajstić information content (AvgIpc) is 3.16. The molecule has 4 rings (SSSR count). The Hall–Kier alpha value is -2.94. The molecule has 2 amide bonds. The summed E-state index contributed by atoms with van der Waals surface area (Å²) < 4.78 is 14.4. The predicted molar refractivity (Wildman–Crippen MR) is 119 cm³/mol. The number of aromatic nitrogens is 4. The lowest BCUT2D eigenvalue weighted by Gasteiger charge is -2.33. The molecule has 4 heterocycles. The standard InChI is InChI=1S/C21H25ClFN7O/c1-12(2)28-21(31)30-5-3-4-13(11-30)7-24-20-17(23)10-27-19(29-20)16-9-26-18-15(16)6-14(22)8-25-18/h6,8-10,12-13H,3-5,7,11H2,1-2H3,(H,25,26)(H,28,31)(H,24,27,29)/t13-/m0/s1. The summed E-state index contributed by atoms with van der Waals surface area (Å²) in [4.78, 5) is 29.9. The van der Waals surface area contributed by atoms with Crippen molar-refractivity contribution < 1.29 is 9.18 Å². The number of likely N-dealkylation sites (tertiary alicyclic amines) is 1. The van der Waals surface area contributed by atoms with Crippen molar-refractivity contribution in [3.63, 3.8) is 0 Å². The van der Waals surface area contributed by atoms with E-state index in [1.165, 1.54) is 0 Å². The molecule has 0 aliphatic carbocycles. The van der Waals surface area contributed by atoms with Crippen molar-refractivity contribution in [2.75, 3.05) is 25.0 Å². The highest BCUT2D eigenvalue weighted by Gasteiger charge is 2.24. The molecule has 0 bridgehead atoms. The molecule has 0 saturated carbocycles. The van der Waals surface area contributed by atoms with Crippen LogP contribution in [0.2, 0.25) is 5.02 Å². The number of hydrogen-bond acceptors (Lipinski definition) is 5. The summed E-state index contributed by atoms with van der Waals surface area (Å²) in [5.41, 5.74) is 1.35. The van der Waals surface area contributed by atoms with Crippen LogP contribution in [-0.4, -0.2) is 56.5 Å². The van der Waals surface area contributed by atoms with E-state index in [0.29, 0.717) is 35.1 Å². The lowest BCUT2D eigenvalue weighted by atomic mass is 9.98. The lowest BCUT2D eigenvalue weighted by molar-refractivity contribution is 0.166. The third-order valence-electron chi connectivity index (χ3n) is 5.26. The lowest BCUT2D eigenvalue weighted by Crippen LogP contribution is -2.48. The molecule has 1 atom stereocenters. The summed E-state index contributed by atoms with van der Waals surface area (Å²) in [5, 5.41) is 7.30. The van der Waals surface area contributed by atoms with Crippen LogP contribution in [0.15, 0.2) is 24.7 Å². The van der Waals surface area contributed by atoms with Gasteiger partial charge in [-0.15, -0.1) is 0 Å². The first-order valence-electron chi connectivity index (χ1n) is 10.4. The SMILES string of the molecule is CC(C)NC(=O)N1CCC[C@@H](CNc2nc(-c3c[nH]c4ncc(Cl)cc34)ncc2F)C1. The van der Waals surface area contributed by atoms with Gasteiger partial charge in [-0.3, -0.25) is 0 Å². The highest BCUT2D eigenvalue weighted by Crippen LogP contribution is 2.28. The molecule has 3 aromatic rings. The molecule has 0 spiro atoms. The Kier molecular flexibility index (Phi) is 6.22. The van der Waals surface area contributed by atoms with Crippen molar-refractivity contribution >= 4 is 34.5 Å². The van der Waals surface area contributed by atoms with Gasteiger partial charge in [-0.2, -0.15) is 0 Å². The maximum Gasteiger partial charge on any atom is 0.317 e. The van der Waals surface area contributed by atoms with Crippen LogP contribution in [0.5, 0.6) is 0 Å². The Morgan fingerprint density at radius 3 is 3.03 bits per heavy atom. The molecular weight excluding hydrogens is 421 g/mol. The van der Waals surface area contributed by atoms with Crippen molar-refractivity contribution in [2.45, 2.75) is 32.7 Å². The summed E-state index contributed by atoms with van der Waals surface area (Å²) in [6.07, 6.45) is 6.32. The monoisotopic (exact) mass is 445 g/mol. The van der Waals surface area contributed by atoms with Crippen LogP contribution in [0.25, 0.3) is 22.4 Å². The number of halogens is 2. The zero-order valence-electron chi connectivity index (χ0n) is 17.5. The fourth-order valence-corrected chi connectivity index (χ4v) is 3.94. The van der Waals surface area contributed by atoms with Crippen LogP contribution in [0.4, 0.5) is 15.0 Å². The minimum Gasteiger partial charge on any atom is -0.367 e. The summed E-state index contributed by atoms with van der Waals surface area (Å²) >= 11 is 6.07. The molecule has 1 aliphatic heterocycles. The van der Waals surface area contributed by atoms with Gasteiger partial charge in [0.05, 0.1) is 11.2 Å². The number of urea groups is 1. The summed E-state index contributed by atoms with van der Waals surface area (Å²) in [5.74, 6) is 0.199. The molecule has 0 radical (unpaired) electrons. The largest absolute Gasteiger partial charge is 0.367 e. The number of nitrogens with zero attached hydrogens (tertiary/aromatic N) is 4. The van der Waals surface area contributed by atoms with E-state index >= 15 is 0 Å². The number of nitrogens with one attached hydrogen (secondary N) is 3. The fraction of sp³-hybridized carbons (Fsp3) is 0.429. The van der Waals surface area contributed by atoms with Crippen LogP contribution in [-0.2, 0) is 0 Å². The number of fused-ring (bicyclic) bond motifs is 1. The molecule has 0 unspecified atom stereocenters. The number of pyridine rings is 1. The second-order valence-electron chi connectivity index (χ2n) is 8.08. The molecule has 0 aromatic carbocycles. The third-order valence-corrected chi connectivity index (χ3v) is 5.47. The highest BCUT2D eigenvalue weighted by molar-refractivity contribution is 6.31. The molecule has 164 valence electrons. The molecular formula is C21H25ClFN7O. The summed E-state index contributed by atoms with van der Waals surface area (Å²) in [7, 11) is 0. The van der Waals surface area contributed by atoms with Gasteiger partial charge in [0.1, 0.15) is 5.65 Å². The van der Waals surface area contributed by atoms with Crippen LogP contribution < -0.4 is 10.6 Å². The molecule has 3 N–H and O–H groups in total. The van der Waals surface area contributed by atoms with E-state index in [-0.39, 0.29) is 23.8 Å². The number of anilines is 1. The van der Waals surface area contributed by atoms with Crippen LogP contribution in [0.3, 0.4) is 0 Å². The molecule has 10 heteroatoms. The van der Waals surface area contributed by atoms with Gasteiger partial charge in [-0.25, -0.2) is 24.1 Å². The van der Waals surface area contributed by atoms with Gasteiger partial charge < -0.3 is 20.5 Å². The number of hydrogen-bond donors (Lipinski definition) is 3. The predicted octanol–water partition coefficient (Wildman–Crippen LogP) is 4.05. The number of piperidine rings is 1. The quantitative estimate of drug-likeness (QED) is 0.550. The van der Waals surface area contributed by atoms with Crippen LogP contribution in [0, 0.1) is 11.7 Å². The van der Waals surface area contributed by atoms with E-state index in [1.807, 2.05) is 18.7 Å². The van der Waals surface area contributed by atoms with E-state index in [0.717, 1.165) is 31.0 Å². The van der Waals surface area contributed by atoms with E-state index in [1.54, 1.807) is 18.5 Å². The smallest absolute Gasteiger partial charge is 0.317 e. The molecule has 8 nitrogen and oxygen atoms in total. The normalized spacial score (nSPS) is 16.7. The Morgan fingerprint density at radius 1 is 1.39 bits per heavy atom. The topological polar surface area (TPSA) is 98.8 Å². The van der Waals surface area contributed by atoms with Crippen molar-refractivity contribution in [2.24, 2.45) is 5.92 Å². The zero-order valence-corrected chi connectivity index (χ0v) is 18.2. The summed E-state index contributed by atoms with van der Waals surface area (Å²) in [6.45, 7) is 5.75. The van der Waals surface area contributed by atoms with E-state index < -0.39 is 5.82 Å². The van der Waals surface area contributed by atoms with Gasteiger partial charge in [0.2, 0.25) is 0 Å². The van der Waals surface area contributed by atoms with E-state index in [4.69, 9.17) is 11.6 Å². The molecule has 31 heavy (non-hydrogen) atoms. The second-order valence-corrected chi connectivity index (χ2v) is 8.52. The Bertz CT molecular complexity index is 1090. The number of carbonyl (C=O) groups is 1.